The van der Waals surface area contributed by atoms with Crippen LogP contribution in [0.2, 0.25) is 0 Å². The van der Waals surface area contributed by atoms with Crippen molar-refractivity contribution in [2.75, 3.05) is 0 Å². The van der Waals surface area contributed by atoms with E-state index in [-0.39, 0.29) is 17.8 Å². The van der Waals surface area contributed by atoms with Crippen molar-refractivity contribution < 1.29 is 9.72 Å². The van der Waals surface area contributed by atoms with Gasteiger partial charge in [-0.2, -0.15) is 0 Å². The van der Waals surface area contributed by atoms with E-state index in [1.807, 2.05) is 5.43 Å². The van der Waals surface area contributed by atoms with Crippen LogP contribution in [0.3, 0.4) is 0 Å². The summed E-state index contributed by atoms with van der Waals surface area (Å²) in [6, 6.07) is 4.47. The van der Waals surface area contributed by atoms with Crippen molar-refractivity contribution in [3.8, 4) is 0 Å². The molecule has 2 rings (SSSR count). The molecule has 0 saturated heterocycles. The number of carbonyl (C=O) groups is 1. The van der Waals surface area contributed by atoms with Crippen LogP contribution in [-0.4, -0.2) is 15.4 Å². The highest BCUT2D eigenvalue weighted by Crippen LogP contribution is 2.19. The van der Waals surface area contributed by atoms with E-state index in [0.29, 0.717) is 15.3 Å². The van der Waals surface area contributed by atoms with Gasteiger partial charge in [0.25, 0.3) is 17.2 Å². The lowest BCUT2D eigenvalue weighted by molar-refractivity contribution is -0.385. The highest BCUT2D eigenvalue weighted by molar-refractivity contribution is 7.14. The smallest absolute Gasteiger partial charge is 0.288 e. The van der Waals surface area contributed by atoms with Crippen LogP contribution < -0.4 is 16.8 Å². The number of rotatable bonds is 4. The van der Waals surface area contributed by atoms with E-state index in [1.54, 1.807) is 12.1 Å². The van der Waals surface area contributed by atoms with Crippen molar-refractivity contribution in [1.82, 2.24) is 9.99 Å². The van der Waals surface area contributed by atoms with Crippen LogP contribution in [0, 0.1) is 17.0 Å². The van der Waals surface area contributed by atoms with Crippen molar-refractivity contribution in [3.63, 3.8) is 0 Å². The Kier molecular flexibility index (Phi) is 4.15. The number of nitrogens with two attached hydrogens (primary N) is 1. The Bertz CT molecular complexity index is 765. The molecule has 9 heteroatoms. The Morgan fingerprint density at radius 2 is 2.24 bits per heavy atom. The summed E-state index contributed by atoms with van der Waals surface area (Å²) in [5.41, 5.74) is 1.87. The minimum absolute atomic E-state index is 0.119. The Balaban J connectivity index is 2.33. The molecule has 3 N–H and O–H groups in total. The topological polar surface area (TPSA) is 120 Å². The third kappa shape index (κ3) is 3.15. The number of nitro groups is 1. The van der Waals surface area contributed by atoms with Gasteiger partial charge in [-0.3, -0.25) is 25.1 Å². The average molecular weight is 308 g/mol. The summed E-state index contributed by atoms with van der Waals surface area (Å²) in [6.45, 7) is 1.67. The predicted octanol–water partition coefficient (Wildman–Crippen LogP) is 0.778. The molecule has 0 radical (unpaired) electrons. The van der Waals surface area contributed by atoms with Crippen LogP contribution in [-0.2, 0) is 6.54 Å². The van der Waals surface area contributed by atoms with Crippen molar-refractivity contribution in [2.45, 2.75) is 13.5 Å². The molecule has 2 aromatic rings. The molecule has 8 nitrogen and oxygen atoms in total. The van der Waals surface area contributed by atoms with Crippen LogP contribution in [0.25, 0.3) is 0 Å². The molecule has 110 valence electrons. The summed E-state index contributed by atoms with van der Waals surface area (Å²) < 4.78 is 1.24. The second-order valence-corrected chi connectivity index (χ2v) is 5.47. The third-order valence-corrected chi connectivity index (χ3v) is 3.91. The van der Waals surface area contributed by atoms with E-state index in [9.17, 15) is 19.7 Å². The minimum atomic E-state index is -0.535. The van der Waals surface area contributed by atoms with E-state index >= 15 is 0 Å². The zero-order chi connectivity index (χ0) is 15.6. The van der Waals surface area contributed by atoms with E-state index in [4.69, 9.17) is 5.84 Å². The Morgan fingerprint density at radius 3 is 2.86 bits per heavy atom. The maximum atomic E-state index is 11.9. The van der Waals surface area contributed by atoms with Crippen LogP contribution in [0.1, 0.15) is 20.1 Å². The predicted molar refractivity (Wildman–Crippen MR) is 77.2 cm³/mol. The average Bonchev–Trinajstić information content (AvgIpc) is 2.89. The number of nitrogen functional groups attached to an aromatic ring is 1. The van der Waals surface area contributed by atoms with Gasteiger partial charge < -0.3 is 4.57 Å². The van der Waals surface area contributed by atoms with Crippen molar-refractivity contribution in [1.29, 1.82) is 0 Å². The zero-order valence-electron chi connectivity index (χ0n) is 11.0. The van der Waals surface area contributed by atoms with E-state index in [2.05, 4.69) is 0 Å². The largest absolute Gasteiger partial charge is 0.303 e. The van der Waals surface area contributed by atoms with Crippen LogP contribution >= 0.6 is 11.3 Å². The molecule has 21 heavy (non-hydrogen) atoms. The van der Waals surface area contributed by atoms with Gasteiger partial charge in [0.15, 0.2) is 0 Å². The van der Waals surface area contributed by atoms with Crippen molar-refractivity contribution in [2.24, 2.45) is 5.84 Å². The van der Waals surface area contributed by atoms with Gasteiger partial charge in [-0.05, 0) is 19.1 Å². The molecule has 0 atom stereocenters. The molecular formula is C12H12N4O4S. The maximum absolute atomic E-state index is 11.9. The number of carbonyl (C=O) groups excluding carboxylic acids is 1. The van der Waals surface area contributed by atoms with Crippen molar-refractivity contribution in [3.05, 3.63) is 60.2 Å². The standard InChI is InChI=1S/C12H12N4O4S/c1-7-4-11(17)15(6-9(7)16(19)20)5-8-2-3-10(21-8)12(18)14-13/h2-4,6H,5,13H2,1H3,(H,14,18). The van der Waals surface area contributed by atoms with E-state index < -0.39 is 10.8 Å². The molecular weight excluding hydrogens is 296 g/mol. The fraction of sp³-hybridized carbons (Fsp3) is 0.167. The van der Waals surface area contributed by atoms with E-state index in [0.717, 1.165) is 0 Å². The summed E-state index contributed by atoms with van der Waals surface area (Å²) in [4.78, 5) is 34.7. The number of thiophene rings is 1. The highest BCUT2D eigenvalue weighted by atomic mass is 32.1. The van der Waals surface area contributed by atoms with Gasteiger partial charge in [-0.15, -0.1) is 11.3 Å². The summed E-state index contributed by atoms with van der Waals surface area (Å²) in [5, 5.41) is 10.9. The van der Waals surface area contributed by atoms with Crippen molar-refractivity contribution >= 4 is 22.9 Å². The maximum Gasteiger partial charge on any atom is 0.288 e. The summed E-state index contributed by atoms with van der Waals surface area (Å²) >= 11 is 1.17. The molecule has 0 aliphatic carbocycles. The fourth-order valence-corrected chi connectivity index (χ4v) is 2.70. The fourth-order valence-electron chi connectivity index (χ4n) is 1.79. The highest BCUT2D eigenvalue weighted by Gasteiger charge is 2.14. The SMILES string of the molecule is Cc1cc(=O)n(Cc2ccc(C(=O)NN)s2)cc1[N+](=O)[O-]. The first-order valence-corrected chi connectivity index (χ1v) is 6.69. The number of hydrogen-bond donors (Lipinski definition) is 2. The molecule has 0 unspecified atom stereocenters. The number of aryl methyl sites for hydroxylation is 1. The minimum Gasteiger partial charge on any atom is -0.303 e. The second kappa shape index (κ2) is 5.85. The number of amides is 1. The molecule has 0 spiro atoms. The molecule has 0 bridgehead atoms. The number of nitrogens with zero attached hydrogens (tertiary/aromatic N) is 2. The van der Waals surface area contributed by atoms with Gasteiger partial charge in [0.1, 0.15) is 0 Å². The van der Waals surface area contributed by atoms with Gasteiger partial charge in [0, 0.05) is 16.5 Å². The molecule has 0 aromatic carbocycles. The summed E-state index contributed by atoms with van der Waals surface area (Å²) in [7, 11) is 0. The number of nitrogens with one attached hydrogen (secondary N) is 1. The van der Waals surface area contributed by atoms with E-state index in [1.165, 1.54) is 35.1 Å². The number of aromatic nitrogens is 1. The van der Waals surface area contributed by atoms with Gasteiger partial charge in [0.2, 0.25) is 0 Å². The summed E-state index contributed by atoms with van der Waals surface area (Å²) in [6.07, 6.45) is 1.21. The molecule has 0 saturated carbocycles. The van der Waals surface area contributed by atoms with Crippen LogP contribution in [0.5, 0.6) is 0 Å². The molecule has 0 fully saturated rings. The van der Waals surface area contributed by atoms with Crippen LogP contribution in [0.4, 0.5) is 5.69 Å². The Hall–Kier alpha value is -2.52. The molecule has 1 amide bonds. The monoisotopic (exact) mass is 308 g/mol. The first-order valence-electron chi connectivity index (χ1n) is 5.87. The zero-order valence-corrected chi connectivity index (χ0v) is 11.8. The quantitative estimate of drug-likeness (QED) is 0.374. The normalized spacial score (nSPS) is 10.4. The third-order valence-electron chi connectivity index (χ3n) is 2.84. The lowest BCUT2D eigenvalue weighted by atomic mass is 10.2. The number of hydrazine groups is 1. The van der Waals surface area contributed by atoms with Gasteiger partial charge in [0.05, 0.1) is 22.5 Å². The van der Waals surface area contributed by atoms with Gasteiger partial charge >= 0.3 is 0 Å². The van der Waals surface area contributed by atoms with Crippen LogP contribution in [0.15, 0.2) is 29.2 Å². The van der Waals surface area contributed by atoms with Gasteiger partial charge in [-0.1, -0.05) is 0 Å². The lowest BCUT2D eigenvalue weighted by Gasteiger charge is -2.05. The molecule has 2 aromatic heterocycles. The Labute approximate surface area is 122 Å². The summed E-state index contributed by atoms with van der Waals surface area (Å²) in [5.74, 6) is 4.61. The first kappa shape index (κ1) is 14.9. The lowest BCUT2D eigenvalue weighted by Crippen LogP contribution is -2.29. The number of pyridine rings is 1. The molecule has 0 aliphatic heterocycles. The van der Waals surface area contributed by atoms with Gasteiger partial charge in [-0.25, -0.2) is 5.84 Å². The molecule has 0 aliphatic rings. The second-order valence-electron chi connectivity index (χ2n) is 4.30. The first-order chi connectivity index (χ1) is 9.92. The number of hydrogen-bond acceptors (Lipinski definition) is 6. The Morgan fingerprint density at radius 1 is 1.52 bits per heavy atom. The molecule has 2 heterocycles.